The molecular formula is C10H24N2O3. The van der Waals surface area contributed by atoms with Gasteiger partial charge < -0.3 is 21.3 Å². The number of rotatable bonds is 7. The zero-order valence-corrected chi connectivity index (χ0v) is 9.70. The van der Waals surface area contributed by atoms with Crippen molar-refractivity contribution < 1.29 is 15.0 Å². The molecule has 0 rings (SSSR count). The summed E-state index contributed by atoms with van der Waals surface area (Å²) < 4.78 is 0. The van der Waals surface area contributed by atoms with E-state index in [-0.39, 0.29) is 13.0 Å². The first-order valence-electron chi connectivity index (χ1n) is 5.41. The number of aliphatic hydroxyl groups excluding tert-OH is 1. The maximum atomic E-state index is 10.4. The lowest BCUT2D eigenvalue weighted by atomic mass is 10.2. The molecule has 0 spiro atoms. The summed E-state index contributed by atoms with van der Waals surface area (Å²) >= 11 is 0. The van der Waals surface area contributed by atoms with Gasteiger partial charge in [0.05, 0.1) is 0 Å². The summed E-state index contributed by atoms with van der Waals surface area (Å²) in [6.07, 6.45) is 2.27. The quantitative estimate of drug-likeness (QED) is 0.491. The summed E-state index contributed by atoms with van der Waals surface area (Å²) in [5.74, 6) is -0.896. The summed E-state index contributed by atoms with van der Waals surface area (Å²) in [6, 6.07) is -0.597. The van der Waals surface area contributed by atoms with Crippen molar-refractivity contribution in [3.8, 4) is 0 Å². The summed E-state index contributed by atoms with van der Waals surface area (Å²) in [7, 11) is 0. The van der Waals surface area contributed by atoms with Crippen LogP contribution in [0.2, 0.25) is 0 Å². The molecule has 0 aliphatic heterocycles. The Labute approximate surface area is 91.7 Å². The van der Waals surface area contributed by atoms with Crippen molar-refractivity contribution in [2.45, 2.75) is 39.2 Å². The number of carboxylic acid groups (broad SMARTS) is 1. The van der Waals surface area contributed by atoms with Crippen LogP contribution in [0, 0.1) is 0 Å². The Morgan fingerprint density at radius 1 is 1.40 bits per heavy atom. The van der Waals surface area contributed by atoms with E-state index in [1.165, 1.54) is 0 Å². The number of hydrogen-bond donors (Lipinski definition) is 4. The number of carboxylic acids is 1. The molecule has 15 heavy (non-hydrogen) atoms. The average Bonchev–Trinajstić information content (AvgIpc) is 2.24. The Morgan fingerprint density at radius 2 is 1.93 bits per heavy atom. The third kappa shape index (κ3) is 13.3. The van der Waals surface area contributed by atoms with E-state index in [1.807, 2.05) is 6.92 Å². The summed E-state index contributed by atoms with van der Waals surface area (Å²) in [6.45, 7) is 5.43. The van der Waals surface area contributed by atoms with Gasteiger partial charge in [0.2, 0.25) is 0 Å². The highest BCUT2D eigenvalue weighted by molar-refractivity contribution is 5.73. The van der Waals surface area contributed by atoms with Crippen molar-refractivity contribution in [1.82, 2.24) is 5.32 Å². The molecule has 5 N–H and O–H groups in total. The van der Waals surface area contributed by atoms with E-state index < -0.39 is 12.0 Å². The third-order valence-electron chi connectivity index (χ3n) is 1.65. The van der Waals surface area contributed by atoms with E-state index in [2.05, 4.69) is 12.2 Å². The zero-order valence-electron chi connectivity index (χ0n) is 9.70. The van der Waals surface area contributed by atoms with Crippen LogP contribution in [0.25, 0.3) is 0 Å². The second kappa shape index (κ2) is 13.4. The average molecular weight is 220 g/mol. The molecule has 0 heterocycles. The highest BCUT2D eigenvalue weighted by Gasteiger charge is 2.14. The molecule has 0 unspecified atom stereocenters. The van der Waals surface area contributed by atoms with E-state index >= 15 is 0 Å². The molecule has 5 heteroatoms. The highest BCUT2D eigenvalue weighted by Crippen LogP contribution is 1.90. The fourth-order valence-corrected chi connectivity index (χ4v) is 0.761. The number of hydrogen-bond acceptors (Lipinski definition) is 4. The van der Waals surface area contributed by atoms with E-state index in [1.54, 1.807) is 0 Å². The number of carbonyl (C=O) groups is 1. The predicted octanol–water partition coefficient (Wildman–Crippen LogP) is 0.177. The number of aliphatic carboxylic acids is 1. The van der Waals surface area contributed by atoms with Crippen molar-refractivity contribution in [2.75, 3.05) is 19.7 Å². The van der Waals surface area contributed by atoms with Crippen molar-refractivity contribution in [3.05, 3.63) is 0 Å². The minimum atomic E-state index is -0.896. The molecule has 0 aromatic heterocycles. The molecule has 5 nitrogen and oxygen atoms in total. The van der Waals surface area contributed by atoms with Gasteiger partial charge in [-0.15, -0.1) is 0 Å². The lowest BCUT2D eigenvalue weighted by Gasteiger charge is -2.11. The molecule has 0 saturated carbocycles. The molecule has 0 aliphatic rings. The number of nitrogens with one attached hydrogen (secondary N) is 1. The van der Waals surface area contributed by atoms with Gasteiger partial charge in [-0.3, -0.25) is 4.79 Å². The fraction of sp³-hybridized carbons (Fsp3) is 0.900. The van der Waals surface area contributed by atoms with E-state index in [4.69, 9.17) is 15.9 Å². The van der Waals surface area contributed by atoms with E-state index in [9.17, 15) is 4.79 Å². The Bertz CT molecular complexity index is 141. The summed E-state index contributed by atoms with van der Waals surface area (Å²) in [5, 5.41) is 19.8. The lowest BCUT2D eigenvalue weighted by molar-refractivity contribution is -0.139. The second-order valence-electron chi connectivity index (χ2n) is 3.15. The van der Waals surface area contributed by atoms with Crippen molar-refractivity contribution in [3.63, 3.8) is 0 Å². The van der Waals surface area contributed by atoms with Crippen LogP contribution in [0.5, 0.6) is 0 Å². The van der Waals surface area contributed by atoms with Crippen molar-refractivity contribution >= 4 is 5.97 Å². The van der Waals surface area contributed by atoms with Crippen LogP contribution in [0.4, 0.5) is 0 Å². The molecular weight excluding hydrogens is 196 g/mol. The minimum Gasteiger partial charge on any atom is -0.480 e. The van der Waals surface area contributed by atoms with Gasteiger partial charge in [0.1, 0.15) is 6.04 Å². The Balaban J connectivity index is 0. The van der Waals surface area contributed by atoms with Crippen LogP contribution in [0.15, 0.2) is 0 Å². The highest BCUT2D eigenvalue weighted by atomic mass is 16.4. The minimum absolute atomic E-state index is 0.0896. The van der Waals surface area contributed by atoms with Crippen LogP contribution < -0.4 is 11.1 Å². The SMILES string of the molecule is CCCN.CCCN[C@@H](CCO)C(=O)O. The lowest BCUT2D eigenvalue weighted by Crippen LogP contribution is -2.37. The van der Waals surface area contributed by atoms with Gasteiger partial charge in [0.15, 0.2) is 0 Å². The van der Waals surface area contributed by atoms with Crippen LogP contribution >= 0.6 is 0 Å². The van der Waals surface area contributed by atoms with E-state index in [0.717, 1.165) is 19.4 Å². The van der Waals surface area contributed by atoms with E-state index in [0.29, 0.717) is 6.54 Å². The smallest absolute Gasteiger partial charge is 0.320 e. The van der Waals surface area contributed by atoms with Crippen molar-refractivity contribution in [2.24, 2.45) is 5.73 Å². The largest absolute Gasteiger partial charge is 0.480 e. The monoisotopic (exact) mass is 220 g/mol. The molecule has 0 aliphatic carbocycles. The number of aliphatic hydroxyl groups is 1. The molecule has 0 aromatic carbocycles. The Hall–Kier alpha value is -0.650. The van der Waals surface area contributed by atoms with Gasteiger partial charge in [0.25, 0.3) is 0 Å². The molecule has 0 amide bonds. The van der Waals surface area contributed by atoms with Crippen molar-refractivity contribution in [1.29, 1.82) is 0 Å². The zero-order chi connectivity index (χ0) is 12.1. The molecule has 0 saturated heterocycles. The molecule has 0 bridgehead atoms. The molecule has 0 radical (unpaired) electrons. The van der Waals surface area contributed by atoms with Crippen LogP contribution in [0.1, 0.15) is 33.1 Å². The summed E-state index contributed by atoms with van der Waals surface area (Å²) in [4.78, 5) is 10.4. The molecule has 0 fully saturated rings. The van der Waals surface area contributed by atoms with Crippen LogP contribution in [-0.4, -0.2) is 41.9 Å². The standard InChI is InChI=1S/C7H15NO3.C3H9N/c1-2-4-8-6(3-5-9)7(10)11;1-2-3-4/h6,8-9H,2-5H2,1H3,(H,10,11);2-4H2,1H3/t6-;/m0./s1. The molecule has 0 aromatic rings. The predicted molar refractivity (Wildman–Crippen MR) is 60.8 cm³/mol. The maximum Gasteiger partial charge on any atom is 0.320 e. The maximum absolute atomic E-state index is 10.4. The Morgan fingerprint density at radius 3 is 2.20 bits per heavy atom. The number of nitrogens with two attached hydrogens (primary N) is 1. The molecule has 1 atom stereocenters. The van der Waals surface area contributed by atoms with Gasteiger partial charge in [-0.2, -0.15) is 0 Å². The first-order valence-corrected chi connectivity index (χ1v) is 5.41. The van der Waals surface area contributed by atoms with Crippen LogP contribution in [0.3, 0.4) is 0 Å². The first-order chi connectivity index (χ1) is 7.13. The first kappa shape index (κ1) is 16.8. The molecule has 92 valence electrons. The topological polar surface area (TPSA) is 95.6 Å². The fourth-order valence-electron chi connectivity index (χ4n) is 0.761. The van der Waals surface area contributed by atoms with Gasteiger partial charge in [-0.25, -0.2) is 0 Å². The third-order valence-corrected chi connectivity index (χ3v) is 1.65. The summed E-state index contributed by atoms with van der Waals surface area (Å²) in [5.41, 5.74) is 5.03. The normalized spacial score (nSPS) is 11.5. The Kier molecular flexibility index (Phi) is 14.9. The van der Waals surface area contributed by atoms with Crippen LogP contribution in [-0.2, 0) is 4.79 Å². The van der Waals surface area contributed by atoms with Gasteiger partial charge in [-0.1, -0.05) is 13.8 Å². The van der Waals surface area contributed by atoms with Gasteiger partial charge in [-0.05, 0) is 32.4 Å². The van der Waals surface area contributed by atoms with Gasteiger partial charge in [0, 0.05) is 6.61 Å². The van der Waals surface area contributed by atoms with Gasteiger partial charge >= 0.3 is 5.97 Å². The second-order valence-corrected chi connectivity index (χ2v) is 3.15.